The second kappa shape index (κ2) is 6.53. The van der Waals surface area contributed by atoms with Crippen LogP contribution in [0.5, 0.6) is 5.75 Å². The lowest BCUT2D eigenvalue weighted by atomic mass is 10.1. The van der Waals surface area contributed by atoms with Crippen LogP contribution in [-0.4, -0.2) is 11.1 Å². The van der Waals surface area contributed by atoms with Gasteiger partial charge >= 0.3 is 0 Å². The fraction of sp³-hybridized carbons (Fsp3) is 0.188. The molecule has 0 atom stereocenters. The first-order valence-corrected chi connectivity index (χ1v) is 7.19. The summed E-state index contributed by atoms with van der Waals surface area (Å²) in [4.78, 5) is 11.7. The molecule has 3 heteroatoms. The Morgan fingerprint density at radius 1 is 1.16 bits per heavy atom. The Morgan fingerprint density at radius 3 is 2.58 bits per heavy atom. The second-order valence-corrected chi connectivity index (χ2v) is 4.93. The number of carbonyl (C=O) groups excluding carboxylic acids is 1. The zero-order chi connectivity index (χ0) is 13.7. The first-order chi connectivity index (χ1) is 9.19. The molecule has 2 aromatic rings. The lowest BCUT2D eigenvalue weighted by molar-refractivity contribution is 0.102. The van der Waals surface area contributed by atoms with Crippen molar-refractivity contribution in [3.63, 3.8) is 0 Å². The van der Waals surface area contributed by atoms with E-state index in [1.165, 1.54) is 0 Å². The van der Waals surface area contributed by atoms with Crippen LogP contribution in [0.25, 0.3) is 0 Å². The first-order valence-electron chi connectivity index (χ1n) is 6.06. The van der Waals surface area contributed by atoms with Gasteiger partial charge in [0.15, 0.2) is 5.78 Å². The molecule has 0 unspecified atom stereocenters. The molecular weight excluding hydrogens is 304 g/mol. The van der Waals surface area contributed by atoms with Crippen molar-refractivity contribution in [2.45, 2.75) is 13.5 Å². The summed E-state index contributed by atoms with van der Waals surface area (Å²) in [5, 5.41) is 0.328. The maximum absolute atomic E-state index is 11.7. The average molecular weight is 319 g/mol. The Hall–Kier alpha value is -1.61. The molecule has 0 aliphatic rings. The van der Waals surface area contributed by atoms with Crippen LogP contribution in [0.15, 0.2) is 48.5 Å². The Morgan fingerprint density at radius 2 is 1.89 bits per heavy atom. The number of rotatable bonds is 5. The van der Waals surface area contributed by atoms with Crippen molar-refractivity contribution >= 4 is 21.7 Å². The van der Waals surface area contributed by atoms with Crippen LogP contribution >= 0.6 is 15.9 Å². The van der Waals surface area contributed by atoms with Crippen molar-refractivity contribution in [3.05, 3.63) is 65.2 Å². The minimum Gasteiger partial charge on any atom is -0.489 e. The van der Waals surface area contributed by atoms with Gasteiger partial charge in [-0.25, -0.2) is 0 Å². The number of ketones is 1. The predicted molar refractivity (Wildman–Crippen MR) is 80.1 cm³/mol. The van der Waals surface area contributed by atoms with E-state index in [4.69, 9.17) is 4.74 Å². The van der Waals surface area contributed by atoms with Gasteiger partial charge in [-0.1, -0.05) is 46.3 Å². The molecule has 0 saturated carbocycles. The quantitative estimate of drug-likeness (QED) is 0.611. The van der Waals surface area contributed by atoms with Crippen molar-refractivity contribution in [1.82, 2.24) is 0 Å². The van der Waals surface area contributed by atoms with Crippen molar-refractivity contribution < 1.29 is 9.53 Å². The Bertz CT molecular complexity index is 564. The molecule has 0 bridgehead atoms. The van der Waals surface area contributed by atoms with E-state index in [0.717, 1.165) is 16.9 Å². The summed E-state index contributed by atoms with van der Waals surface area (Å²) in [5.41, 5.74) is 2.81. The molecule has 0 fully saturated rings. The normalized spacial score (nSPS) is 10.2. The lowest BCUT2D eigenvalue weighted by Crippen LogP contribution is -2.02. The molecular formula is C16H15BrO2. The number of Topliss-reactive ketones (excluding diaryl/α,β-unsaturated/α-hetero) is 1. The van der Waals surface area contributed by atoms with E-state index in [0.29, 0.717) is 17.5 Å². The van der Waals surface area contributed by atoms with Gasteiger partial charge in [-0.3, -0.25) is 4.79 Å². The van der Waals surface area contributed by atoms with Crippen molar-refractivity contribution in [2.75, 3.05) is 5.33 Å². The zero-order valence-electron chi connectivity index (χ0n) is 10.7. The number of aryl methyl sites for hydroxylation is 1. The molecule has 0 aliphatic heterocycles. The number of benzene rings is 2. The third-order valence-electron chi connectivity index (χ3n) is 2.74. The van der Waals surface area contributed by atoms with Crippen LogP contribution in [-0.2, 0) is 6.61 Å². The van der Waals surface area contributed by atoms with E-state index < -0.39 is 0 Å². The fourth-order valence-corrected chi connectivity index (χ4v) is 2.13. The Balaban J connectivity index is 2.12. The maximum atomic E-state index is 11.7. The summed E-state index contributed by atoms with van der Waals surface area (Å²) in [6.07, 6.45) is 0. The summed E-state index contributed by atoms with van der Waals surface area (Å²) >= 11 is 3.19. The van der Waals surface area contributed by atoms with Crippen LogP contribution in [0, 0.1) is 6.92 Å². The first kappa shape index (κ1) is 13.8. The SMILES string of the molecule is Cc1cc(OCc2ccccc2)cc(C(=O)CBr)c1. The number of hydrogen-bond acceptors (Lipinski definition) is 2. The van der Waals surface area contributed by atoms with Gasteiger partial charge in [-0.05, 0) is 36.2 Å². The third-order valence-corrected chi connectivity index (χ3v) is 3.25. The number of hydrogen-bond donors (Lipinski definition) is 0. The van der Waals surface area contributed by atoms with Crippen LogP contribution in [0.3, 0.4) is 0 Å². The summed E-state index contributed by atoms with van der Waals surface area (Å²) < 4.78 is 5.74. The number of halogens is 1. The molecule has 0 aromatic heterocycles. The number of ether oxygens (including phenoxy) is 1. The van der Waals surface area contributed by atoms with Crippen molar-refractivity contribution in [1.29, 1.82) is 0 Å². The minimum absolute atomic E-state index is 0.0632. The smallest absolute Gasteiger partial charge is 0.173 e. The highest BCUT2D eigenvalue weighted by Crippen LogP contribution is 2.19. The van der Waals surface area contributed by atoms with Gasteiger partial charge in [-0.15, -0.1) is 0 Å². The molecule has 2 aromatic carbocycles. The molecule has 0 spiro atoms. The molecule has 0 aliphatic carbocycles. The van der Waals surface area contributed by atoms with Crippen LogP contribution in [0.1, 0.15) is 21.5 Å². The summed E-state index contributed by atoms with van der Waals surface area (Å²) in [6, 6.07) is 15.6. The van der Waals surface area contributed by atoms with E-state index in [1.807, 2.05) is 49.4 Å². The zero-order valence-corrected chi connectivity index (χ0v) is 12.3. The molecule has 0 radical (unpaired) electrons. The number of carbonyl (C=O) groups is 1. The molecule has 2 nitrogen and oxygen atoms in total. The maximum Gasteiger partial charge on any atom is 0.173 e. The van der Waals surface area contributed by atoms with Crippen molar-refractivity contribution in [3.8, 4) is 5.75 Å². The van der Waals surface area contributed by atoms with Gasteiger partial charge in [-0.2, -0.15) is 0 Å². The summed E-state index contributed by atoms with van der Waals surface area (Å²) in [5.74, 6) is 0.793. The van der Waals surface area contributed by atoms with Crippen LogP contribution < -0.4 is 4.74 Å². The van der Waals surface area contributed by atoms with E-state index in [-0.39, 0.29) is 5.78 Å². The third kappa shape index (κ3) is 3.93. The highest BCUT2D eigenvalue weighted by atomic mass is 79.9. The van der Waals surface area contributed by atoms with E-state index in [9.17, 15) is 4.79 Å². The summed E-state index contributed by atoms with van der Waals surface area (Å²) in [7, 11) is 0. The van der Waals surface area contributed by atoms with E-state index >= 15 is 0 Å². The van der Waals surface area contributed by atoms with Crippen LogP contribution in [0.2, 0.25) is 0 Å². The fourth-order valence-electron chi connectivity index (χ4n) is 1.81. The topological polar surface area (TPSA) is 26.3 Å². The monoisotopic (exact) mass is 318 g/mol. The van der Waals surface area contributed by atoms with Gasteiger partial charge in [0.1, 0.15) is 12.4 Å². The molecule has 0 heterocycles. The van der Waals surface area contributed by atoms with E-state index in [2.05, 4.69) is 15.9 Å². The van der Waals surface area contributed by atoms with Crippen molar-refractivity contribution in [2.24, 2.45) is 0 Å². The second-order valence-electron chi connectivity index (χ2n) is 4.37. The van der Waals surface area contributed by atoms with E-state index in [1.54, 1.807) is 6.07 Å². The van der Waals surface area contributed by atoms with Gasteiger partial charge < -0.3 is 4.74 Å². The molecule has 0 saturated heterocycles. The summed E-state index contributed by atoms with van der Waals surface area (Å²) in [6.45, 7) is 2.46. The average Bonchev–Trinajstić information content (AvgIpc) is 2.45. The largest absolute Gasteiger partial charge is 0.489 e. The molecule has 0 N–H and O–H groups in total. The van der Waals surface area contributed by atoms with Gasteiger partial charge in [0.05, 0.1) is 5.33 Å². The molecule has 98 valence electrons. The Kier molecular flexibility index (Phi) is 4.74. The Labute approximate surface area is 121 Å². The highest BCUT2D eigenvalue weighted by molar-refractivity contribution is 9.09. The van der Waals surface area contributed by atoms with Gasteiger partial charge in [0.2, 0.25) is 0 Å². The standard InChI is InChI=1S/C16H15BrO2/c1-12-7-14(16(18)10-17)9-15(8-12)19-11-13-5-3-2-4-6-13/h2-9H,10-11H2,1H3. The predicted octanol–water partition coefficient (Wildman–Crippen LogP) is 4.15. The van der Waals surface area contributed by atoms with Crippen LogP contribution in [0.4, 0.5) is 0 Å². The lowest BCUT2D eigenvalue weighted by Gasteiger charge is -2.09. The molecule has 2 rings (SSSR count). The van der Waals surface area contributed by atoms with Gasteiger partial charge in [0, 0.05) is 5.56 Å². The number of alkyl halides is 1. The van der Waals surface area contributed by atoms with Gasteiger partial charge in [0.25, 0.3) is 0 Å². The molecule has 19 heavy (non-hydrogen) atoms. The minimum atomic E-state index is 0.0632. The molecule has 0 amide bonds. The highest BCUT2D eigenvalue weighted by Gasteiger charge is 2.07.